The van der Waals surface area contributed by atoms with Crippen LogP contribution in [0.5, 0.6) is 0 Å². The van der Waals surface area contributed by atoms with E-state index >= 15 is 0 Å². The van der Waals surface area contributed by atoms with Crippen LogP contribution in [0.4, 0.5) is 0 Å². The smallest absolute Gasteiger partial charge is 0.252 e. The molecule has 122 valence electrons. The number of nitrogens with one attached hydrogen (secondary N) is 1. The van der Waals surface area contributed by atoms with E-state index in [0.717, 1.165) is 61.8 Å². The van der Waals surface area contributed by atoms with Gasteiger partial charge in [0.25, 0.3) is 5.91 Å². The third-order valence-electron chi connectivity index (χ3n) is 4.97. The number of hydrogen-bond acceptors (Lipinski definition) is 4. The number of hydrogen-bond donors (Lipinski definition) is 1. The largest absolute Gasteiger partial charge is 0.352 e. The van der Waals surface area contributed by atoms with Crippen LogP contribution in [0.25, 0.3) is 0 Å². The molecule has 0 unspecified atom stereocenters. The van der Waals surface area contributed by atoms with E-state index in [1.54, 1.807) is 11.3 Å². The van der Waals surface area contributed by atoms with Gasteiger partial charge in [-0.2, -0.15) is 0 Å². The molecule has 4 rings (SSSR count). The second-order valence-electron chi connectivity index (χ2n) is 6.69. The first kappa shape index (κ1) is 14.9. The predicted molar refractivity (Wildman–Crippen MR) is 89.9 cm³/mol. The topological polar surface area (TPSA) is 59.8 Å². The summed E-state index contributed by atoms with van der Waals surface area (Å²) in [5, 5.41) is 13.5. The van der Waals surface area contributed by atoms with Crippen molar-refractivity contribution in [3.05, 3.63) is 33.0 Å². The lowest BCUT2D eigenvalue weighted by atomic mass is 9.88. The van der Waals surface area contributed by atoms with E-state index in [1.807, 2.05) is 5.38 Å². The van der Waals surface area contributed by atoms with Crippen molar-refractivity contribution in [2.75, 3.05) is 6.54 Å². The molecule has 2 aromatic heterocycles. The number of nitrogens with zero attached hydrogens (tertiary/aromatic N) is 3. The number of amides is 1. The maximum Gasteiger partial charge on any atom is 0.252 e. The minimum atomic E-state index is 0.0678. The molecule has 0 bridgehead atoms. The molecule has 2 aliphatic rings. The lowest BCUT2D eigenvalue weighted by Gasteiger charge is -2.18. The Labute approximate surface area is 140 Å². The minimum absolute atomic E-state index is 0.0678. The van der Waals surface area contributed by atoms with Crippen LogP contribution in [0.15, 0.2) is 5.38 Å². The number of aryl methyl sites for hydroxylation is 1. The van der Waals surface area contributed by atoms with E-state index in [4.69, 9.17) is 0 Å². The summed E-state index contributed by atoms with van der Waals surface area (Å²) in [6.45, 7) is 3.93. The van der Waals surface area contributed by atoms with E-state index in [2.05, 4.69) is 27.0 Å². The maximum absolute atomic E-state index is 12.5. The third kappa shape index (κ3) is 2.80. The first-order valence-electron chi connectivity index (χ1n) is 8.50. The van der Waals surface area contributed by atoms with Crippen molar-refractivity contribution in [3.8, 4) is 0 Å². The molecule has 0 radical (unpaired) electrons. The highest BCUT2D eigenvalue weighted by Gasteiger charge is 2.23. The van der Waals surface area contributed by atoms with Crippen LogP contribution in [-0.4, -0.2) is 27.2 Å². The molecule has 1 N–H and O–H groups in total. The van der Waals surface area contributed by atoms with Crippen LogP contribution in [0.3, 0.4) is 0 Å². The van der Waals surface area contributed by atoms with Crippen LogP contribution in [0.2, 0.25) is 0 Å². The van der Waals surface area contributed by atoms with Gasteiger partial charge < -0.3 is 9.88 Å². The quantitative estimate of drug-likeness (QED) is 0.936. The summed E-state index contributed by atoms with van der Waals surface area (Å²) >= 11 is 1.74. The van der Waals surface area contributed by atoms with Crippen molar-refractivity contribution in [2.45, 2.75) is 52.0 Å². The maximum atomic E-state index is 12.5. The van der Waals surface area contributed by atoms with Crippen LogP contribution < -0.4 is 5.32 Å². The molecule has 1 atom stereocenters. The molecule has 0 aromatic carbocycles. The Hall–Kier alpha value is -1.69. The van der Waals surface area contributed by atoms with E-state index in [9.17, 15) is 4.79 Å². The van der Waals surface area contributed by atoms with Crippen molar-refractivity contribution < 1.29 is 4.79 Å². The van der Waals surface area contributed by atoms with Gasteiger partial charge in [0.05, 0.1) is 5.56 Å². The summed E-state index contributed by atoms with van der Waals surface area (Å²) in [6.07, 6.45) is 6.29. The summed E-state index contributed by atoms with van der Waals surface area (Å²) < 4.78 is 2.19. The minimum Gasteiger partial charge on any atom is -0.352 e. The number of carbonyl (C=O) groups is 1. The second-order valence-corrected chi connectivity index (χ2v) is 7.66. The molecule has 0 saturated heterocycles. The van der Waals surface area contributed by atoms with Gasteiger partial charge in [-0.15, -0.1) is 21.5 Å². The van der Waals surface area contributed by atoms with Crippen molar-refractivity contribution >= 4 is 17.2 Å². The van der Waals surface area contributed by atoms with Gasteiger partial charge in [-0.1, -0.05) is 6.92 Å². The Balaban J connectivity index is 1.37. The van der Waals surface area contributed by atoms with Crippen molar-refractivity contribution in [1.82, 2.24) is 20.1 Å². The average molecular weight is 330 g/mol. The molecule has 6 heteroatoms. The van der Waals surface area contributed by atoms with E-state index in [-0.39, 0.29) is 5.91 Å². The van der Waals surface area contributed by atoms with Gasteiger partial charge in [0.1, 0.15) is 11.6 Å². The first-order chi connectivity index (χ1) is 11.2. The number of aromatic nitrogens is 3. The number of carbonyl (C=O) groups excluding carboxylic acids is 1. The zero-order valence-corrected chi connectivity index (χ0v) is 14.3. The normalized spacial score (nSPS) is 19.4. The van der Waals surface area contributed by atoms with Gasteiger partial charge in [0.2, 0.25) is 0 Å². The van der Waals surface area contributed by atoms with Crippen LogP contribution in [0.1, 0.15) is 52.2 Å². The molecule has 2 aromatic rings. The summed E-state index contributed by atoms with van der Waals surface area (Å²) in [4.78, 5) is 13.9. The zero-order chi connectivity index (χ0) is 15.8. The zero-order valence-electron chi connectivity index (χ0n) is 13.5. The Morgan fingerprint density at radius 3 is 3.26 bits per heavy atom. The highest BCUT2D eigenvalue weighted by molar-refractivity contribution is 7.10. The Bertz CT molecular complexity index is 733. The highest BCUT2D eigenvalue weighted by atomic mass is 32.1. The van der Waals surface area contributed by atoms with Gasteiger partial charge in [-0.25, -0.2) is 0 Å². The fourth-order valence-corrected chi connectivity index (χ4v) is 4.89. The Kier molecular flexibility index (Phi) is 3.93. The summed E-state index contributed by atoms with van der Waals surface area (Å²) in [5.74, 6) is 2.90. The first-order valence-corrected chi connectivity index (χ1v) is 9.38. The molecule has 0 saturated carbocycles. The third-order valence-corrected chi connectivity index (χ3v) is 6.02. The van der Waals surface area contributed by atoms with Crippen LogP contribution >= 0.6 is 11.3 Å². The monoisotopic (exact) mass is 330 g/mol. The standard InChI is InChI=1S/C17H22N4OS/c1-11-4-5-12-13(10-23-14(12)9-11)17(22)18-7-6-16-20-19-15-3-2-8-21(15)16/h10-11H,2-9H2,1H3,(H,18,22)/t11-/m1/s1. The number of rotatable bonds is 4. The van der Waals surface area contributed by atoms with Gasteiger partial charge in [0, 0.05) is 36.2 Å². The van der Waals surface area contributed by atoms with Gasteiger partial charge in [-0.05, 0) is 37.2 Å². The predicted octanol–water partition coefficient (Wildman–Crippen LogP) is 2.38. The molecule has 23 heavy (non-hydrogen) atoms. The average Bonchev–Trinajstić information content (AvgIpc) is 3.22. The molecule has 5 nitrogen and oxygen atoms in total. The van der Waals surface area contributed by atoms with E-state index in [1.165, 1.54) is 16.9 Å². The Morgan fingerprint density at radius 2 is 2.35 bits per heavy atom. The van der Waals surface area contributed by atoms with Gasteiger partial charge in [-0.3, -0.25) is 4.79 Å². The molecule has 3 heterocycles. The van der Waals surface area contributed by atoms with Crippen molar-refractivity contribution in [1.29, 1.82) is 0 Å². The van der Waals surface area contributed by atoms with Crippen LogP contribution in [0, 0.1) is 5.92 Å². The summed E-state index contributed by atoms with van der Waals surface area (Å²) in [6, 6.07) is 0. The molecule has 1 aliphatic carbocycles. The fourth-order valence-electron chi connectivity index (χ4n) is 3.65. The van der Waals surface area contributed by atoms with E-state index in [0.29, 0.717) is 6.54 Å². The van der Waals surface area contributed by atoms with Gasteiger partial charge >= 0.3 is 0 Å². The summed E-state index contributed by atoms with van der Waals surface area (Å²) in [5.41, 5.74) is 2.18. The molecular weight excluding hydrogens is 308 g/mol. The fraction of sp³-hybridized carbons (Fsp3) is 0.588. The SMILES string of the molecule is C[C@@H]1CCc2c(C(=O)NCCc3nnc4n3CCC4)csc2C1. The van der Waals surface area contributed by atoms with E-state index < -0.39 is 0 Å². The molecule has 0 spiro atoms. The summed E-state index contributed by atoms with van der Waals surface area (Å²) in [7, 11) is 0. The van der Waals surface area contributed by atoms with Crippen molar-refractivity contribution in [2.24, 2.45) is 5.92 Å². The van der Waals surface area contributed by atoms with Crippen LogP contribution in [-0.2, 0) is 32.2 Å². The molecule has 1 aliphatic heterocycles. The number of fused-ring (bicyclic) bond motifs is 2. The second kappa shape index (κ2) is 6.07. The lowest BCUT2D eigenvalue weighted by molar-refractivity contribution is 0.0953. The molecule has 1 amide bonds. The Morgan fingerprint density at radius 1 is 1.43 bits per heavy atom. The van der Waals surface area contributed by atoms with Gasteiger partial charge in [0.15, 0.2) is 0 Å². The van der Waals surface area contributed by atoms with Crippen molar-refractivity contribution in [3.63, 3.8) is 0 Å². The lowest BCUT2D eigenvalue weighted by Crippen LogP contribution is -2.27. The highest BCUT2D eigenvalue weighted by Crippen LogP contribution is 2.32. The number of thiophene rings is 1. The molecule has 0 fully saturated rings. The molecular formula is C17H22N4OS.